The summed E-state index contributed by atoms with van der Waals surface area (Å²) in [7, 11) is 1.46. The van der Waals surface area contributed by atoms with Crippen LogP contribution < -0.4 is 4.74 Å². The summed E-state index contributed by atoms with van der Waals surface area (Å²) in [5.41, 5.74) is 1.08. The lowest BCUT2D eigenvalue weighted by molar-refractivity contribution is -0.143. The normalized spacial score (nSPS) is 28.8. The number of aromatic hydroxyl groups is 1. The van der Waals surface area contributed by atoms with E-state index in [4.69, 9.17) is 14.9 Å². The van der Waals surface area contributed by atoms with Gasteiger partial charge in [-0.1, -0.05) is 11.6 Å². The monoisotopic (exact) mass is 568 g/mol. The number of hydrogen-bond donors (Lipinski definition) is 3. The average molecular weight is 569 g/mol. The maximum atomic E-state index is 13.8. The third-order valence-corrected chi connectivity index (χ3v) is 8.95. The molecule has 41 heavy (non-hydrogen) atoms. The molecule has 0 spiro atoms. The number of benzene rings is 1. The highest BCUT2D eigenvalue weighted by atomic mass is 16.5. The second-order valence-corrected chi connectivity index (χ2v) is 11.1. The average Bonchev–Trinajstić information content (AvgIpc) is 3.32. The van der Waals surface area contributed by atoms with Crippen LogP contribution >= 0.6 is 0 Å². The van der Waals surface area contributed by atoms with E-state index < -0.39 is 65.2 Å². The highest BCUT2D eigenvalue weighted by Gasteiger charge is 2.62. The van der Waals surface area contributed by atoms with Gasteiger partial charge in [0.1, 0.15) is 11.5 Å². The summed E-state index contributed by atoms with van der Waals surface area (Å²) < 4.78 is 5.37. The molecule has 2 aliphatic heterocycles. The van der Waals surface area contributed by atoms with Crippen molar-refractivity contribution in [3.8, 4) is 11.5 Å². The number of ether oxygens (including phenoxy) is 1. The Bertz CT molecular complexity index is 1350. The molecule has 12 nitrogen and oxygen atoms in total. The van der Waals surface area contributed by atoms with Crippen LogP contribution in [0.25, 0.3) is 0 Å². The van der Waals surface area contributed by atoms with Crippen molar-refractivity contribution < 1.29 is 48.8 Å². The molecule has 5 rings (SSSR count). The molecule has 4 amide bonds. The first-order chi connectivity index (χ1) is 19.5. The van der Waals surface area contributed by atoms with Crippen molar-refractivity contribution in [3.63, 3.8) is 0 Å². The highest BCUT2D eigenvalue weighted by Crippen LogP contribution is 2.59. The van der Waals surface area contributed by atoms with Gasteiger partial charge in [-0.25, -0.2) is 0 Å². The number of phenolic OH excluding ortho intramolecular Hbond substituents is 1. The minimum absolute atomic E-state index is 0.0139. The number of carboxylic acids is 2. The Morgan fingerprint density at radius 2 is 1.44 bits per heavy atom. The van der Waals surface area contributed by atoms with Gasteiger partial charge in [0.15, 0.2) is 0 Å². The number of carbonyl (C=O) groups excluding carboxylic acids is 4. The van der Waals surface area contributed by atoms with Crippen LogP contribution in [0.3, 0.4) is 0 Å². The number of allylic oxidation sites excluding steroid dienone is 2. The van der Waals surface area contributed by atoms with Crippen molar-refractivity contribution >= 4 is 35.6 Å². The van der Waals surface area contributed by atoms with Crippen LogP contribution in [0, 0.1) is 29.6 Å². The molecule has 6 atom stereocenters. The van der Waals surface area contributed by atoms with Gasteiger partial charge in [0.05, 0.1) is 30.8 Å². The Morgan fingerprint density at radius 3 is 2.02 bits per heavy atom. The molecule has 0 aromatic heterocycles. The molecule has 0 unspecified atom stereocenters. The molecule has 2 heterocycles. The number of carbonyl (C=O) groups is 6. The van der Waals surface area contributed by atoms with Crippen molar-refractivity contribution in [2.45, 2.75) is 44.4 Å². The van der Waals surface area contributed by atoms with Crippen LogP contribution in [0.4, 0.5) is 0 Å². The lowest BCUT2D eigenvalue weighted by Crippen LogP contribution is -2.43. The van der Waals surface area contributed by atoms with Crippen LogP contribution in [0.15, 0.2) is 29.8 Å². The molecule has 1 aromatic carbocycles. The molecular weight excluding hydrogens is 536 g/mol. The minimum atomic E-state index is -1.04. The lowest BCUT2D eigenvalue weighted by Gasteiger charge is -2.44. The zero-order valence-electron chi connectivity index (χ0n) is 22.5. The number of fused-ring (bicyclic) bond motifs is 4. The van der Waals surface area contributed by atoms with Crippen LogP contribution in [-0.4, -0.2) is 80.9 Å². The number of phenols is 1. The van der Waals surface area contributed by atoms with E-state index in [1.54, 1.807) is 12.1 Å². The summed E-state index contributed by atoms with van der Waals surface area (Å²) in [4.78, 5) is 78.5. The molecular formula is C29H32N2O10. The van der Waals surface area contributed by atoms with E-state index in [1.807, 2.05) is 6.08 Å². The molecule has 12 heteroatoms. The summed E-state index contributed by atoms with van der Waals surface area (Å²) in [5.74, 6) is -7.87. The van der Waals surface area contributed by atoms with Crippen molar-refractivity contribution in [2.75, 3.05) is 20.2 Å². The van der Waals surface area contributed by atoms with Gasteiger partial charge in [-0.3, -0.25) is 38.6 Å². The summed E-state index contributed by atoms with van der Waals surface area (Å²) in [6.07, 6.45) is 2.06. The molecule has 0 bridgehead atoms. The van der Waals surface area contributed by atoms with Crippen LogP contribution in [0.1, 0.15) is 50.0 Å². The standard InChI is InChI=1S/C29H32N2O10/c1-41-14-6-9-20(32)18(12-14)23-15-7-8-16-24(28(39)30(26(16)37)10-2-4-21(33)34)17(15)13-19-25(23)29(40)31(27(19)38)11-3-5-22(35)36/h6-7,9,12,16-17,19,23-25,32H,2-5,8,10-11,13H2,1H3,(H,33,34)(H,35,36)/t16-,17+,19+,23+,24-,25+/m0/s1. The number of imide groups is 2. The first-order valence-electron chi connectivity index (χ1n) is 13.8. The van der Waals surface area contributed by atoms with Crippen molar-refractivity contribution in [3.05, 3.63) is 35.4 Å². The van der Waals surface area contributed by atoms with E-state index in [0.717, 1.165) is 9.80 Å². The van der Waals surface area contributed by atoms with Gasteiger partial charge in [-0.15, -0.1) is 0 Å². The summed E-state index contributed by atoms with van der Waals surface area (Å²) >= 11 is 0. The number of amides is 4. The molecule has 2 saturated heterocycles. The number of carboxylic acid groups (broad SMARTS) is 2. The van der Waals surface area contributed by atoms with Crippen molar-refractivity contribution in [1.82, 2.24) is 9.80 Å². The van der Waals surface area contributed by atoms with Crippen molar-refractivity contribution in [1.29, 1.82) is 0 Å². The summed E-state index contributed by atoms with van der Waals surface area (Å²) in [6.45, 7) is -0.0712. The SMILES string of the molecule is COc1ccc(O)c([C@H]2C3=CC[C@@H]4C(=O)N(CCCC(=O)O)C(=O)[C@@H]4[C@@H]3C[C@H]3C(=O)N(CCCC(=O)O)C(=O)[C@@H]23)c1. The van der Waals surface area contributed by atoms with Crippen molar-refractivity contribution in [2.24, 2.45) is 29.6 Å². The lowest BCUT2D eigenvalue weighted by atomic mass is 9.57. The second kappa shape index (κ2) is 11.0. The van der Waals surface area contributed by atoms with E-state index in [-0.39, 0.29) is 63.3 Å². The number of aliphatic carboxylic acids is 2. The maximum Gasteiger partial charge on any atom is 0.303 e. The fourth-order valence-corrected chi connectivity index (χ4v) is 7.19. The van der Waals surface area contributed by atoms with Gasteiger partial charge in [0.2, 0.25) is 23.6 Å². The Balaban J connectivity index is 1.53. The first kappa shape index (κ1) is 28.3. The van der Waals surface area contributed by atoms with Crippen LogP contribution in [-0.2, 0) is 28.8 Å². The van der Waals surface area contributed by atoms with Gasteiger partial charge in [-0.05, 0) is 49.8 Å². The van der Waals surface area contributed by atoms with Crippen LogP contribution in [0.5, 0.6) is 11.5 Å². The van der Waals surface area contributed by atoms with Gasteiger partial charge in [0, 0.05) is 37.4 Å². The third kappa shape index (κ3) is 4.85. The van der Waals surface area contributed by atoms with Gasteiger partial charge < -0.3 is 20.1 Å². The number of nitrogens with zero attached hydrogens (tertiary/aromatic N) is 2. The molecule has 3 fully saturated rings. The minimum Gasteiger partial charge on any atom is -0.508 e. The van der Waals surface area contributed by atoms with E-state index in [2.05, 4.69) is 0 Å². The topological polar surface area (TPSA) is 179 Å². The fourth-order valence-electron chi connectivity index (χ4n) is 7.19. The zero-order chi connectivity index (χ0) is 29.6. The first-order valence-corrected chi connectivity index (χ1v) is 13.8. The predicted octanol–water partition coefficient (Wildman–Crippen LogP) is 1.77. The van der Waals surface area contributed by atoms with Gasteiger partial charge >= 0.3 is 11.9 Å². The Labute approximate surface area is 235 Å². The summed E-state index contributed by atoms with van der Waals surface area (Å²) in [5, 5.41) is 29.0. The Kier molecular flexibility index (Phi) is 7.58. The highest BCUT2D eigenvalue weighted by molar-refractivity contribution is 6.08. The number of methoxy groups -OCH3 is 1. The molecule has 1 saturated carbocycles. The van der Waals surface area contributed by atoms with Gasteiger partial charge in [0.25, 0.3) is 0 Å². The van der Waals surface area contributed by atoms with Crippen LogP contribution in [0.2, 0.25) is 0 Å². The zero-order valence-corrected chi connectivity index (χ0v) is 22.5. The number of hydrogen-bond acceptors (Lipinski definition) is 8. The largest absolute Gasteiger partial charge is 0.508 e. The van der Waals surface area contributed by atoms with E-state index in [1.165, 1.54) is 13.2 Å². The maximum absolute atomic E-state index is 13.8. The molecule has 2 aliphatic carbocycles. The smallest absolute Gasteiger partial charge is 0.303 e. The predicted molar refractivity (Wildman–Crippen MR) is 139 cm³/mol. The van der Waals surface area contributed by atoms with Gasteiger partial charge in [-0.2, -0.15) is 0 Å². The number of likely N-dealkylation sites (tertiary alicyclic amines) is 2. The second-order valence-electron chi connectivity index (χ2n) is 11.1. The quantitative estimate of drug-likeness (QED) is 0.278. The third-order valence-electron chi connectivity index (χ3n) is 8.95. The fraction of sp³-hybridized carbons (Fsp3) is 0.517. The number of rotatable bonds is 10. The van der Waals surface area contributed by atoms with E-state index >= 15 is 0 Å². The Hall–Kier alpha value is -4.22. The molecule has 3 N–H and O–H groups in total. The molecule has 0 radical (unpaired) electrons. The molecule has 4 aliphatic rings. The molecule has 1 aromatic rings. The Morgan fingerprint density at radius 1 is 0.854 bits per heavy atom. The molecule has 218 valence electrons. The van der Waals surface area contributed by atoms with E-state index in [0.29, 0.717) is 16.9 Å². The summed E-state index contributed by atoms with van der Waals surface area (Å²) in [6, 6.07) is 4.62. The van der Waals surface area contributed by atoms with E-state index in [9.17, 15) is 33.9 Å².